The summed E-state index contributed by atoms with van der Waals surface area (Å²) in [5, 5.41) is 3.23. The van der Waals surface area contributed by atoms with Crippen LogP contribution in [0.2, 0.25) is 5.02 Å². The fourth-order valence-electron chi connectivity index (χ4n) is 4.31. The number of nitrogens with one attached hydrogen (secondary N) is 1. The van der Waals surface area contributed by atoms with Crippen LogP contribution in [0, 0.1) is 6.92 Å². The van der Waals surface area contributed by atoms with E-state index in [1.165, 1.54) is 17.0 Å². The molecule has 0 aliphatic heterocycles. The second-order valence-electron chi connectivity index (χ2n) is 9.16. The van der Waals surface area contributed by atoms with Crippen molar-refractivity contribution < 1.29 is 22.7 Å². The highest BCUT2D eigenvalue weighted by atomic mass is 35.5. The van der Waals surface area contributed by atoms with Gasteiger partial charge in [0.25, 0.3) is 10.0 Å². The zero-order valence-electron chi connectivity index (χ0n) is 23.3. The molecule has 0 aliphatic rings. The summed E-state index contributed by atoms with van der Waals surface area (Å²) < 4.78 is 34.9. The predicted octanol–water partition coefficient (Wildman–Crippen LogP) is 5.19. The molecule has 214 valence electrons. The van der Waals surface area contributed by atoms with E-state index in [-0.39, 0.29) is 23.0 Å². The third kappa shape index (κ3) is 7.34. The summed E-state index contributed by atoms with van der Waals surface area (Å²) in [6.45, 7) is 7.42. The third-order valence-corrected chi connectivity index (χ3v) is 8.50. The van der Waals surface area contributed by atoms with E-state index >= 15 is 0 Å². The van der Waals surface area contributed by atoms with Gasteiger partial charge in [-0.15, -0.1) is 0 Å². The van der Waals surface area contributed by atoms with E-state index in [2.05, 4.69) is 5.32 Å². The number of hydrogen-bond donors (Lipinski definition) is 1. The lowest BCUT2D eigenvalue weighted by molar-refractivity contribution is -0.140. The largest absolute Gasteiger partial charge is 0.492 e. The van der Waals surface area contributed by atoms with Crippen molar-refractivity contribution in [2.45, 2.75) is 51.6 Å². The van der Waals surface area contributed by atoms with Crippen LogP contribution in [-0.4, -0.2) is 50.9 Å². The highest BCUT2D eigenvalue weighted by Crippen LogP contribution is 2.33. The molecule has 10 heteroatoms. The zero-order chi connectivity index (χ0) is 29.3. The Labute approximate surface area is 241 Å². The lowest BCUT2D eigenvalue weighted by atomic mass is 10.1. The van der Waals surface area contributed by atoms with Crippen LogP contribution in [0.25, 0.3) is 0 Å². The maximum atomic E-state index is 14.1. The number of anilines is 1. The molecule has 1 unspecified atom stereocenters. The number of sulfonamides is 1. The number of likely N-dealkylation sites (N-methyl/N-ethyl adjacent to an activating group) is 1. The van der Waals surface area contributed by atoms with Gasteiger partial charge in [0.05, 0.1) is 17.2 Å². The number of amides is 2. The average molecular weight is 586 g/mol. The summed E-state index contributed by atoms with van der Waals surface area (Å²) in [5.74, 6) is -0.560. The Bertz CT molecular complexity index is 1410. The molecule has 3 aromatic carbocycles. The van der Waals surface area contributed by atoms with Gasteiger partial charge in [-0.2, -0.15) is 0 Å². The molecule has 0 radical (unpaired) electrons. The van der Waals surface area contributed by atoms with Gasteiger partial charge in [-0.1, -0.05) is 66.6 Å². The van der Waals surface area contributed by atoms with E-state index in [1.807, 2.05) is 6.92 Å². The first-order chi connectivity index (χ1) is 19.1. The van der Waals surface area contributed by atoms with Crippen molar-refractivity contribution >= 4 is 39.1 Å². The molecule has 3 aromatic rings. The highest BCUT2D eigenvalue weighted by Gasteiger charge is 2.34. The second-order valence-corrected chi connectivity index (χ2v) is 11.4. The Morgan fingerprint density at radius 1 is 0.950 bits per heavy atom. The highest BCUT2D eigenvalue weighted by molar-refractivity contribution is 7.92. The quantitative estimate of drug-likeness (QED) is 0.298. The molecule has 0 fully saturated rings. The second kappa shape index (κ2) is 14.2. The summed E-state index contributed by atoms with van der Waals surface area (Å²) in [6, 6.07) is 19.3. The van der Waals surface area contributed by atoms with Crippen LogP contribution in [-0.2, 0) is 26.2 Å². The predicted molar refractivity (Wildman–Crippen MR) is 158 cm³/mol. The number of ether oxygens (including phenoxy) is 1. The van der Waals surface area contributed by atoms with Gasteiger partial charge in [-0.05, 0) is 63.1 Å². The van der Waals surface area contributed by atoms with Crippen LogP contribution in [0.4, 0.5) is 5.69 Å². The van der Waals surface area contributed by atoms with E-state index in [9.17, 15) is 18.0 Å². The minimum atomic E-state index is -4.20. The maximum Gasteiger partial charge on any atom is 0.264 e. The maximum absolute atomic E-state index is 14.1. The van der Waals surface area contributed by atoms with Gasteiger partial charge >= 0.3 is 0 Å². The number of carbonyl (C=O) groups excluding carboxylic acids is 2. The Kier molecular flexibility index (Phi) is 11.0. The van der Waals surface area contributed by atoms with Crippen LogP contribution >= 0.6 is 11.6 Å². The smallest absolute Gasteiger partial charge is 0.264 e. The van der Waals surface area contributed by atoms with Crippen LogP contribution in [0.5, 0.6) is 5.75 Å². The molecule has 1 N–H and O–H groups in total. The lowest BCUT2D eigenvalue weighted by Gasteiger charge is -2.33. The summed E-state index contributed by atoms with van der Waals surface area (Å²) in [7, 11) is -4.20. The molecule has 3 rings (SSSR count). The van der Waals surface area contributed by atoms with Gasteiger partial charge in [0.15, 0.2) is 0 Å². The van der Waals surface area contributed by atoms with Crippen molar-refractivity contribution in [1.29, 1.82) is 0 Å². The molecule has 40 heavy (non-hydrogen) atoms. The van der Waals surface area contributed by atoms with Gasteiger partial charge in [0, 0.05) is 18.1 Å². The van der Waals surface area contributed by atoms with Crippen molar-refractivity contribution in [3.8, 4) is 5.75 Å². The fourth-order valence-corrected chi connectivity index (χ4v) is 5.93. The molecular weight excluding hydrogens is 550 g/mol. The summed E-state index contributed by atoms with van der Waals surface area (Å²) in [4.78, 5) is 28.6. The van der Waals surface area contributed by atoms with Gasteiger partial charge in [0.2, 0.25) is 11.8 Å². The SMILES string of the molecule is CCNC(=O)C(CC)N(Cc1ccccc1Cl)C(=O)CN(c1ccccc1OCC)S(=O)(=O)c1ccc(C)cc1. The normalized spacial score (nSPS) is 11.9. The summed E-state index contributed by atoms with van der Waals surface area (Å²) in [6.07, 6.45) is 0.322. The molecule has 0 spiro atoms. The molecule has 8 nitrogen and oxygen atoms in total. The molecule has 1 atom stereocenters. The van der Waals surface area contributed by atoms with E-state index < -0.39 is 28.5 Å². The minimum absolute atomic E-state index is 0.0275. The number of halogens is 1. The van der Waals surface area contributed by atoms with Gasteiger partial charge < -0.3 is 15.0 Å². The van der Waals surface area contributed by atoms with Crippen molar-refractivity contribution in [3.05, 3.63) is 88.9 Å². The number of para-hydroxylation sites is 2. The first-order valence-corrected chi connectivity index (χ1v) is 15.1. The van der Waals surface area contributed by atoms with Crippen LogP contribution in [0.15, 0.2) is 77.7 Å². The number of rotatable bonds is 13. The first kappa shape index (κ1) is 31.0. The van der Waals surface area contributed by atoms with E-state index in [0.717, 1.165) is 9.87 Å². The van der Waals surface area contributed by atoms with E-state index in [1.54, 1.807) is 81.4 Å². The number of carbonyl (C=O) groups is 2. The molecular formula is C30H36ClN3O5S. The van der Waals surface area contributed by atoms with Gasteiger partial charge in [-0.3, -0.25) is 13.9 Å². The number of benzene rings is 3. The minimum Gasteiger partial charge on any atom is -0.492 e. The molecule has 0 saturated heterocycles. The van der Waals surface area contributed by atoms with Crippen molar-refractivity contribution in [2.24, 2.45) is 0 Å². The Morgan fingerprint density at radius 3 is 2.23 bits per heavy atom. The lowest BCUT2D eigenvalue weighted by Crippen LogP contribution is -2.52. The Balaban J connectivity index is 2.12. The topological polar surface area (TPSA) is 96.0 Å². The van der Waals surface area contributed by atoms with Crippen molar-refractivity contribution in [2.75, 3.05) is 24.0 Å². The monoisotopic (exact) mass is 585 g/mol. The van der Waals surface area contributed by atoms with E-state index in [0.29, 0.717) is 35.9 Å². The van der Waals surface area contributed by atoms with Crippen molar-refractivity contribution in [3.63, 3.8) is 0 Å². The van der Waals surface area contributed by atoms with Crippen molar-refractivity contribution in [1.82, 2.24) is 10.2 Å². The first-order valence-electron chi connectivity index (χ1n) is 13.3. The number of aryl methyl sites for hydroxylation is 1. The molecule has 0 heterocycles. The molecule has 0 aliphatic carbocycles. The summed E-state index contributed by atoms with van der Waals surface area (Å²) >= 11 is 6.42. The van der Waals surface area contributed by atoms with Gasteiger partial charge in [0.1, 0.15) is 18.3 Å². The fraction of sp³-hybridized carbons (Fsp3) is 0.333. The number of hydrogen-bond acceptors (Lipinski definition) is 5. The number of nitrogens with zero attached hydrogens (tertiary/aromatic N) is 2. The Morgan fingerprint density at radius 2 is 1.60 bits per heavy atom. The Hall–Kier alpha value is -3.56. The molecule has 0 bridgehead atoms. The zero-order valence-corrected chi connectivity index (χ0v) is 24.8. The van der Waals surface area contributed by atoms with E-state index in [4.69, 9.17) is 16.3 Å². The van der Waals surface area contributed by atoms with Crippen LogP contribution in [0.1, 0.15) is 38.3 Å². The standard InChI is InChI=1S/C30H36ClN3O5S/c1-5-26(30(36)32-6-2)33(20-23-12-8-9-13-25(23)31)29(35)21-34(27-14-10-11-15-28(27)39-7-3)40(37,38)24-18-16-22(4)17-19-24/h8-19,26H,5-7,20-21H2,1-4H3,(H,32,36). The van der Waals surface area contributed by atoms with Crippen LogP contribution in [0.3, 0.4) is 0 Å². The average Bonchev–Trinajstić information content (AvgIpc) is 2.93. The van der Waals surface area contributed by atoms with Gasteiger partial charge in [-0.25, -0.2) is 8.42 Å². The summed E-state index contributed by atoms with van der Waals surface area (Å²) in [5.41, 5.74) is 1.76. The molecule has 0 saturated carbocycles. The third-order valence-electron chi connectivity index (χ3n) is 6.36. The molecule has 0 aromatic heterocycles. The molecule has 2 amide bonds. The van der Waals surface area contributed by atoms with Crippen LogP contribution < -0.4 is 14.4 Å².